The van der Waals surface area contributed by atoms with Gasteiger partial charge in [0.05, 0.1) is 13.2 Å². The van der Waals surface area contributed by atoms with E-state index < -0.39 is 0 Å². The van der Waals surface area contributed by atoms with E-state index in [2.05, 4.69) is 34.4 Å². The minimum Gasteiger partial charge on any atom is -1.00 e. The normalized spacial score (nSPS) is 9.81. The van der Waals surface area contributed by atoms with E-state index in [1.165, 1.54) is 11.0 Å². The van der Waals surface area contributed by atoms with Crippen molar-refractivity contribution in [3.05, 3.63) is 42.8 Å². The molecule has 0 unspecified atom stereocenters. The first-order valence-corrected chi connectivity index (χ1v) is 5.56. The Morgan fingerprint density at radius 3 is 2.62 bits per heavy atom. The van der Waals surface area contributed by atoms with Gasteiger partial charge in [0.2, 0.25) is 0 Å². The van der Waals surface area contributed by atoms with Crippen LogP contribution in [0.4, 0.5) is 0 Å². The van der Waals surface area contributed by atoms with Gasteiger partial charge in [0, 0.05) is 0 Å². The summed E-state index contributed by atoms with van der Waals surface area (Å²) in [6.07, 6.45) is 1.83. The molecule has 0 radical (unpaired) electrons. The third-order valence-corrected chi connectivity index (χ3v) is 3.21. The lowest BCUT2D eigenvalue weighted by atomic mass is 10.3. The fraction of sp³-hybridized carbons (Fsp3) is 0.0833. The monoisotopic (exact) mass is 344 g/mol. The molecule has 0 N–H and O–H groups in total. The quantitative estimate of drug-likeness (QED) is 0.426. The van der Waals surface area contributed by atoms with E-state index in [1.807, 2.05) is 30.8 Å². The highest BCUT2D eigenvalue weighted by atomic mass is 127. The zero-order chi connectivity index (χ0) is 10.8. The molecular formula is C12H13IN2S. The van der Waals surface area contributed by atoms with Gasteiger partial charge in [-0.3, -0.25) is 0 Å². The summed E-state index contributed by atoms with van der Waals surface area (Å²) in [5.74, 6) is 0. The lowest BCUT2D eigenvalue weighted by Gasteiger charge is -1.92. The van der Waals surface area contributed by atoms with Gasteiger partial charge in [-0.15, -0.1) is 0 Å². The van der Waals surface area contributed by atoms with Crippen LogP contribution in [0.15, 0.2) is 48.0 Å². The van der Waals surface area contributed by atoms with Crippen molar-refractivity contribution in [3.63, 3.8) is 0 Å². The summed E-state index contributed by atoms with van der Waals surface area (Å²) in [4.78, 5) is 0. The third-order valence-electron chi connectivity index (χ3n) is 2.37. The van der Waals surface area contributed by atoms with Crippen LogP contribution in [0.3, 0.4) is 0 Å². The van der Waals surface area contributed by atoms with E-state index in [0.29, 0.717) is 0 Å². The maximum atomic E-state index is 3.84. The van der Waals surface area contributed by atoms with Gasteiger partial charge in [0.1, 0.15) is 0 Å². The molecule has 1 aromatic heterocycles. The van der Waals surface area contributed by atoms with Crippen LogP contribution >= 0.6 is 11.8 Å². The molecule has 0 amide bonds. The molecule has 4 heteroatoms. The number of imidazole rings is 1. The fourth-order valence-electron chi connectivity index (χ4n) is 1.71. The number of halogens is 1. The zero-order valence-corrected chi connectivity index (χ0v) is 12.0. The Bertz CT molecular complexity index is 531. The van der Waals surface area contributed by atoms with Crippen LogP contribution in [-0.2, 0) is 7.05 Å². The smallest absolute Gasteiger partial charge is 0.327 e. The second-order valence-corrected chi connectivity index (χ2v) is 4.10. The summed E-state index contributed by atoms with van der Waals surface area (Å²) in [6, 6.07) is 8.26. The van der Waals surface area contributed by atoms with E-state index in [-0.39, 0.29) is 24.0 Å². The molecule has 0 fully saturated rings. The van der Waals surface area contributed by atoms with E-state index in [0.717, 1.165) is 5.16 Å². The lowest BCUT2D eigenvalue weighted by molar-refractivity contribution is -0.684. The molecular weight excluding hydrogens is 331 g/mol. The summed E-state index contributed by atoms with van der Waals surface area (Å²) < 4.78 is 4.21. The first kappa shape index (κ1) is 13.3. The van der Waals surface area contributed by atoms with E-state index in [9.17, 15) is 0 Å². The minimum atomic E-state index is 0. The van der Waals surface area contributed by atoms with Gasteiger partial charge >= 0.3 is 5.16 Å². The molecule has 0 atom stereocenters. The number of fused-ring (bicyclic) bond motifs is 1. The average Bonchev–Trinajstić information content (AvgIpc) is 2.54. The highest BCUT2D eigenvalue weighted by Gasteiger charge is 2.19. The van der Waals surface area contributed by atoms with Crippen molar-refractivity contribution >= 4 is 29.0 Å². The summed E-state index contributed by atoms with van der Waals surface area (Å²) in [6.45, 7) is 7.58. The molecule has 0 aliphatic carbocycles. The number of thioether (sulfide) groups is 1. The molecule has 2 nitrogen and oxygen atoms in total. The van der Waals surface area contributed by atoms with Crippen LogP contribution in [0.5, 0.6) is 0 Å². The van der Waals surface area contributed by atoms with Crippen molar-refractivity contribution in [2.75, 3.05) is 0 Å². The number of rotatable bonds is 3. The van der Waals surface area contributed by atoms with Gasteiger partial charge in [-0.05, 0) is 29.3 Å². The first-order chi connectivity index (χ1) is 7.29. The second kappa shape index (κ2) is 5.54. The van der Waals surface area contributed by atoms with Crippen LogP contribution in [-0.4, -0.2) is 4.57 Å². The minimum absolute atomic E-state index is 0. The third kappa shape index (κ3) is 2.04. The highest BCUT2D eigenvalue weighted by Crippen LogP contribution is 2.22. The van der Waals surface area contributed by atoms with Crippen molar-refractivity contribution in [3.8, 4) is 0 Å². The number of benzene rings is 1. The van der Waals surface area contributed by atoms with Gasteiger partial charge in [0.25, 0.3) is 0 Å². The predicted molar refractivity (Wildman–Crippen MR) is 65.6 cm³/mol. The molecule has 84 valence electrons. The zero-order valence-electron chi connectivity index (χ0n) is 9.06. The van der Waals surface area contributed by atoms with Gasteiger partial charge < -0.3 is 24.0 Å². The summed E-state index contributed by atoms with van der Waals surface area (Å²) in [5, 5.41) is 2.94. The number of hydrogen-bond donors (Lipinski definition) is 0. The molecule has 0 saturated carbocycles. The highest BCUT2D eigenvalue weighted by molar-refractivity contribution is 8.01. The number of nitrogens with zero attached hydrogens (tertiary/aromatic N) is 2. The van der Waals surface area contributed by atoms with E-state index in [4.69, 9.17) is 0 Å². The molecule has 2 aromatic rings. The average molecular weight is 344 g/mol. The van der Waals surface area contributed by atoms with Crippen LogP contribution < -0.4 is 28.5 Å². The molecule has 0 spiro atoms. The lowest BCUT2D eigenvalue weighted by Crippen LogP contribution is -3.00. The first-order valence-electron chi connectivity index (χ1n) is 4.68. The Labute approximate surface area is 117 Å². The Hall–Kier alpha value is -0.750. The molecule has 0 aliphatic rings. The summed E-state index contributed by atoms with van der Waals surface area (Å²) in [5.41, 5.74) is 2.36. The largest absolute Gasteiger partial charge is 1.00 e. The maximum Gasteiger partial charge on any atom is 0.327 e. The number of para-hydroxylation sites is 2. The van der Waals surface area contributed by atoms with Crippen LogP contribution in [0.2, 0.25) is 0 Å². The predicted octanol–water partition coefficient (Wildman–Crippen LogP) is -0.194. The van der Waals surface area contributed by atoms with Gasteiger partial charge in [-0.2, -0.15) is 4.57 Å². The molecule has 0 bridgehead atoms. The van der Waals surface area contributed by atoms with Gasteiger partial charge in [-0.1, -0.05) is 25.3 Å². The van der Waals surface area contributed by atoms with Crippen molar-refractivity contribution in [1.82, 2.24) is 4.57 Å². The van der Waals surface area contributed by atoms with E-state index in [1.54, 1.807) is 11.8 Å². The van der Waals surface area contributed by atoms with Crippen LogP contribution in [0, 0.1) is 0 Å². The maximum absolute atomic E-state index is 3.84. The second-order valence-electron chi connectivity index (χ2n) is 3.17. The Balaban J connectivity index is 0.00000128. The molecule has 1 aromatic carbocycles. The molecule has 1 heterocycles. The molecule has 2 rings (SSSR count). The van der Waals surface area contributed by atoms with E-state index >= 15 is 0 Å². The van der Waals surface area contributed by atoms with Gasteiger partial charge in [-0.25, -0.2) is 4.57 Å². The Morgan fingerprint density at radius 2 is 2.00 bits per heavy atom. The van der Waals surface area contributed by atoms with Crippen molar-refractivity contribution in [1.29, 1.82) is 0 Å². The Kier molecular flexibility index (Phi) is 4.61. The van der Waals surface area contributed by atoms with Gasteiger partial charge in [0.15, 0.2) is 11.0 Å². The SMILES string of the molecule is C=CSc1n(C=C)c2ccccc2[n+]1C.[I-]. The number of aromatic nitrogens is 2. The molecule has 16 heavy (non-hydrogen) atoms. The van der Waals surface area contributed by atoms with Crippen LogP contribution in [0.25, 0.3) is 17.2 Å². The summed E-state index contributed by atoms with van der Waals surface area (Å²) in [7, 11) is 2.05. The van der Waals surface area contributed by atoms with Crippen molar-refractivity contribution in [2.45, 2.75) is 5.16 Å². The molecule has 0 saturated heterocycles. The topological polar surface area (TPSA) is 8.81 Å². The van der Waals surface area contributed by atoms with Crippen molar-refractivity contribution in [2.24, 2.45) is 7.05 Å². The van der Waals surface area contributed by atoms with Crippen molar-refractivity contribution < 1.29 is 28.5 Å². The Morgan fingerprint density at radius 1 is 1.31 bits per heavy atom. The number of aryl methyl sites for hydroxylation is 1. The fourth-order valence-corrected chi connectivity index (χ4v) is 2.40. The number of hydrogen-bond acceptors (Lipinski definition) is 1. The summed E-state index contributed by atoms with van der Waals surface area (Å²) >= 11 is 1.60. The molecule has 0 aliphatic heterocycles. The standard InChI is InChI=1S/C12H13N2S.HI/c1-4-14-11-9-7-6-8-10(11)13(3)12(14)15-5-2;/h4-9H,1-2H2,3H3;1H/q+1;/p-1. The van der Waals surface area contributed by atoms with Crippen LogP contribution in [0.1, 0.15) is 0 Å².